The van der Waals surface area contributed by atoms with Gasteiger partial charge in [-0.25, -0.2) is 0 Å². The molecule has 0 fully saturated rings. The average Bonchev–Trinajstić information content (AvgIpc) is 2.80. The van der Waals surface area contributed by atoms with Crippen LogP contribution in [0.25, 0.3) is 0 Å². The molecule has 10 aliphatic heterocycles. The summed E-state index contributed by atoms with van der Waals surface area (Å²) in [6.07, 6.45) is 0. The molecule has 0 saturated heterocycles. The normalized spacial score (nSPS) is 13.3. The Hall–Kier alpha value is -2.12. The molecule has 6 heteroatoms. The lowest BCUT2D eigenvalue weighted by atomic mass is 10.3. The van der Waals surface area contributed by atoms with Gasteiger partial charge in [0.15, 0.2) is 0 Å². The van der Waals surface area contributed by atoms with Crippen molar-refractivity contribution in [3.05, 3.63) is 97.1 Å². The fourth-order valence-electron chi connectivity index (χ4n) is 2.72. The summed E-state index contributed by atoms with van der Waals surface area (Å²) in [5.74, 6) is 3.34. The molecule has 0 atom stereocenters. The number of rotatable bonds is 0. The van der Waals surface area contributed by atoms with E-state index < -0.39 is 0 Å². The summed E-state index contributed by atoms with van der Waals surface area (Å²) in [4.78, 5) is 4.72. The lowest BCUT2D eigenvalue weighted by Gasteiger charge is -2.09. The van der Waals surface area contributed by atoms with Gasteiger partial charge in [0, 0.05) is 19.6 Å². The lowest BCUT2D eigenvalue weighted by molar-refractivity contribution is 0.481. The van der Waals surface area contributed by atoms with Gasteiger partial charge in [-0.05, 0) is 97.1 Å². The zero-order valence-electron chi connectivity index (χ0n) is 15.7. The van der Waals surface area contributed by atoms with Crippen LogP contribution in [0.5, 0.6) is 23.0 Å². The zero-order valence-corrected chi connectivity index (χ0v) is 19.0. The van der Waals surface area contributed by atoms with Crippen LogP contribution in [-0.4, -0.2) is 0 Å². The van der Waals surface area contributed by atoms with E-state index in [0.717, 1.165) is 23.0 Å². The quantitative estimate of drug-likeness (QED) is 0.240. The maximum Gasteiger partial charge on any atom is 0.127 e. The van der Waals surface area contributed by atoms with Crippen molar-refractivity contribution in [3.63, 3.8) is 0 Å². The molecule has 0 amide bonds. The minimum atomic E-state index is 0.836. The van der Waals surface area contributed by atoms with E-state index in [1.54, 1.807) is 43.2 Å². The molecule has 10 aliphatic rings. The Morgan fingerprint density at radius 2 is 0.500 bits per heavy atom. The van der Waals surface area contributed by atoms with Gasteiger partial charge in [-0.15, -0.1) is 0 Å². The summed E-state index contributed by atoms with van der Waals surface area (Å²) in [5.41, 5.74) is 0. The second kappa shape index (κ2) is 9.35. The standard InChI is InChI=1S/C24H16O2S4/c1-9-21-10-2-17(1)25-18-3-11-23(12-4-18)29-30-24-15-7-20(8-16-24)26-19-5-13-22(14-6-19)28-27-21/h1-16H. The molecule has 0 saturated carbocycles. The molecule has 0 N–H and O–H groups in total. The van der Waals surface area contributed by atoms with E-state index in [-0.39, 0.29) is 0 Å². The molecule has 2 nitrogen and oxygen atoms in total. The second-order valence-electron chi connectivity index (χ2n) is 6.42. The lowest BCUT2D eigenvalue weighted by Crippen LogP contribution is -1.84. The molecule has 0 aliphatic carbocycles. The number of hydrogen-bond acceptors (Lipinski definition) is 6. The van der Waals surface area contributed by atoms with Crippen molar-refractivity contribution in [2.24, 2.45) is 0 Å². The molecule has 0 aromatic heterocycles. The molecule has 8 bridgehead atoms. The first kappa shape index (κ1) is 19.8. The zero-order chi connectivity index (χ0) is 20.2. The Labute approximate surface area is 191 Å². The SMILES string of the molecule is c1cc2ccc1Oc1ccc(cc1)SSc1ccc(cc1)Oc1ccc(cc1)SS2. The Balaban J connectivity index is 1.41. The van der Waals surface area contributed by atoms with Crippen LogP contribution >= 0.6 is 43.2 Å². The van der Waals surface area contributed by atoms with Crippen LogP contribution in [0.3, 0.4) is 0 Å². The Morgan fingerprint density at radius 3 is 0.700 bits per heavy atom. The van der Waals surface area contributed by atoms with Crippen molar-refractivity contribution in [2.75, 3.05) is 0 Å². The smallest absolute Gasteiger partial charge is 0.127 e. The Bertz CT molecular complexity index is 926. The maximum atomic E-state index is 5.99. The molecule has 4 aromatic rings. The molecule has 0 radical (unpaired) electrons. The van der Waals surface area contributed by atoms with Crippen LogP contribution in [0.15, 0.2) is 117 Å². The van der Waals surface area contributed by atoms with Crippen LogP contribution in [0.1, 0.15) is 0 Å². The summed E-state index contributed by atoms with van der Waals surface area (Å²) >= 11 is 0. The third kappa shape index (κ3) is 5.13. The summed E-state index contributed by atoms with van der Waals surface area (Å²) < 4.78 is 12.0. The van der Waals surface area contributed by atoms with Crippen molar-refractivity contribution >= 4 is 43.2 Å². The van der Waals surface area contributed by atoms with Gasteiger partial charge in [-0.3, -0.25) is 0 Å². The minimum Gasteiger partial charge on any atom is -0.457 e. The highest BCUT2D eigenvalue weighted by molar-refractivity contribution is 8.77. The molecule has 10 heterocycles. The number of benzene rings is 4. The fraction of sp³-hybridized carbons (Fsp3) is 0. The van der Waals surface area contributed by atoms with E-state index in [1.807, 2.05) is 48.5 Å². The van der Waals surface area contributed by atoms with Gasteiger partial charge in [-0.2, -0.15) is 0 Å². The molecular formula is C24H16O2S4. The predicted molar refractivity (Wildman–Crippen MR) is 129 cm³/mol. The van der Waals surface area contributed by atoms with Crippen LogP contribution < -0.4 is 9.47 Å². The molecule has 14 rings (SSSR count). The molecular weight excluding hydrogens is 449 g/mol. The maximum absolute atomic E-state index is 5.99. The van der Waals surface area contributed by atoms with Gasteiger partial charge in [0.05, 0.1) is 0 Å². The number of hydrogen-bond donors (Lipinski definition) is 0. The van der Waals surface area contributed by atoms with Gasteiger partial charge < -0.3 is 9.47 Å². The third-order valence-electron chi connectivity index (χ3n) is 4.23. The van der Waals surface area contributed by atoms with E-state index in [4.69, 9.17) is 9.47 Å². The van der Waals surface area contributed by atoms with Crippen LogP contribution in [-0.2, 0) is 0 Å². The highest BCUT2D eigenvalue weighted by atomic mass is 33.1. The molecule has 30 heavy (non-hydrogen) atoms. The highest BCUT2D eigenvalue weighted by Gasteiger charge is 2.05. The van der Waals surface area contributed by atoms with Gasteiger partial charge >= 0.3 is 0 Å². The second-order valence-corrected chi connectivity index (χ2v) is 11.0. The third-order valence-corrected chi connectivity index (χ3v) is 9.07. The van der Waals surface area contributed by atoms with E-state index in [1.165, 1.54) is 19.6 Å². The fourth-order valence-corrected chi connectivity index (χ4v) is 6.58. The molecule has 148 valence electrons. The van der Waals surface area contributed by atoms with Crippen LogP contribution in [0.4, 0.5) is 0 Å². The van der Waals surface area contributed by atoms with Crippen molar-refractivity contribution in [1.29, 1.82) is 0 Å². The Morgan fingerprint density at radius 1 is 0.300 bits per heavy atom. The van der Waals surface area contributed by atoms with E-state index in [9.17, 15) is 0 Å². The Kier molecular flexibility index (Phi) is 6.18. The van der Waals surface area contributed by atoms with Crippen molar-refractivity contribution in [3.8, 4) is 23.0 Å². The van der Waals surface area contributed by atoms with Crippen molar-refractivity contribution < 1.29 is 9.47 Å². The number of ether oxygens (including phenoxy) is 2. The van der Waals surface area contributed by atoms with Gasteiger partial charge in [-0.1, -0.05) is 43.2 Å². The first-order valence-corrected chi connectivity index (χ1v) is 13.6. The minimum absolute atomic E-state index is 0.836. The monoisotopic (exact) mass is 464 g/mol. The van der Waals surface area contributed by atoms with Crippen LogP contribution in [0.2, 0.25) is 0 Å². The van der Waals surface area contributed by atoms with E-state index >= 15 is 0 Å². The van der Waals surface area contributed by atoms with E-state index in [0.29, 0.717) is 0 Å². The highest BCUT2D eigenvalue weighted by Crippen LogP contribution is 2.41. The summed E-state index contributed by atoms with van der Waals surface area (Å²) in [6, 6.07) is 32.7. The van der Waals surface area contributed by atoms with Crippen LogP contribution in [0, 0.1) is 0 Å². The molecule has 0 unspecified atom stereocenters. The van der Waals surface area contributed by atoms with Crippen molar-refractivity contribution in [1.82, 2.24) is 0 Å². The first-order chi connectivity index (χ1) is 14.8. The van der Waals surface area contributed by atoms with E-state index in [2.05, 4.69) is 48.5 Å². The molecule has 0 spiro atoms. The summed E-state index contributed by atoms with van der Waals surface area (Å²) in [5, 5.41) is 0. The topological polar surface area (TPSA) is 18.5 Å². The summed E-state index contributed by atoms with van der Waals surface area (Å²) in [7, 11) is 6.90. The van der Waals surface area contributed by atoms with Gasteiger partial charge in [0.2, 0.25) is 0 Å². The summed E-state index contributed by atoms with van der Waals surface area (Å²) in [6.45, 7) is 0. The largest absolute Gasteiger partial charge is 0.457 e. The molecule has 4 aromatic carbocycles. The predicted octanol–water partition coefficient (Wildman–Crippen LogP) is 9.18. The first-order valence-electron chi connectivity index (χ1n) is 9.25. The average molecular weight is 465 g/mol. The van der Waals surface area contributed by atoms with Gasteiger partial charge in [0.25, 0.3) is 0 Å². The van der Waals surface area contributed by atoms with Gasteiger partial charge in [0.1, 0.15) is 23.0 Å². The van der Waals surface area contributed by atoms with Crippen molar-refractivity contribution in [2.45, 2.75) is 19.6 Å².